The van der Waals surface area contributed by atoms with E-state index in [1.54, 1.807) is 11.3 Å². The van der Waals surface area contributed by atoms with Gasteiger partial charge >= 0.3 is 0 Å². The van der Waals surface area contributed by atoms with Gasteiger partial charge in [0.1, 0.15) is 0 Å². The Morgan fingerprint density at radius 3 is 2.42 bits per heavy atom. The second-order valence-corrected chi connectivity index (χ2v) is 8.28. The van der Waals surface area contributed by atoms with E-state index in [1.165, 1.54) is 27.9 Å². The molecule has 1 aromatic rings. The zero-order chi connectivity index (χ0) is 14.0. The van der Waals surface area contributed by atoms with E-state index < -0.39 is 0 Å². The lowest BCUT2D eigenvalue weighted by Gasteiger charge is -2.50. The molecule has 1 unspecified atom stereocenters. The van der Waals surface area contributed by atoms with Crippen LogP contribution in [0.1, 0.15) is 30.2 Å². The van der Waals surface area contributed by atoms with Crippen LogP contribution in [0.2, 0.25) is 0 Å². The summed E-state index contributed by atoms with van der Waals surface area (Å²) >= 11 is 5.33. The molecule has 19 heavy (non-hydrogen) atoms. The largest absolute Gasteiger partial charge is 0.329 e. The number of nitrogens with zero attached hydrogens (tertiary/aromatic N) is 2. The first-order chi connectivity index (χ1) is 8.98. The van der Waals surface area contributed by atoms with Crippen LogP contribution in [0.15, 0.2) is 15.9 Å². The summed E-state index contributed by atoms with van der Waals surface area (Å²) in [5, 5.41) is 0. The van der Waals surface area contributed by atoms with Crippen molar-refractivity contribution in [2.75, 3.05) is 34.2 Å². The molecule has 0 radical (unpaired) electrons. The zero-order valence-electron chi connectivity index (χ0n) is 12.0. The van der Waals surface area contributed by atoms with Gasteiger partial charge in [-0.1, -0.05) is 0 Å². The summed E-state index contributed by atoms with van der Waals surface area (Å²) in [4.78, 5) is 6.17. The summed E-state index contributed by atoms with van der Waals surface area (Å²) in [5.41, 5.74) is 6.36. The van der Waals surface area contributed by atoms with Crippen LogP contribution in [0.5, 0.6) is 0 Å². The molecule has 0 aromatic carbocycles. The molecule has 1 aliphatic rings. The fraction of sp³-hybridized carbons (Fsp3) is 0.714. The van der Waals surface area contributed by atoms with Gasteiger partial charge in [0.25, 0.3) is 0 Å². The first-order valence-corrected chi connectivity index (χ1v) is 8.42. The Labute approximate surface area is 128 Å². The molecule has 1 aromatic heterocycles. The van der Waals surface area contributed by atoms with Crippen molar-refractivity contribution >= 4 is 27.3 Å². The van der Waals surface area contributed by atoms with E-state index in [9.17, 15) is 0 Å². The molecule has 0 spiro atoms. The highest BCUT2D eigenvalue weighted by Gasteiger charge is 2.40. The molecule has 2 rings (SSSR count). The Balaban J connectivity index is 2.07. The Morgan fingerprint density at radius 2 is 2.05 bits per heavy atom. The first kappa shape index (κ1) is 15.4. The van der Waals surface area contributed by atoms with Crippen LogP contribution in [-0.4, -0.2) is 49.6 Å². The monoisotopic (exact) mass is 345 g/mol. The van der Waals surface area contributed by atoms with Gasteiger partial charge in [-0.25, -0.2) is 0 Å². The molecule has 0 saturated heterocycles. The Morgan fingerprint density at radius 1 is 1.37 bits per heavy atom. The van der Waals surface area contributed by atoms with Crippen LogP contribution < -0.4 is 5.73 Å². The highest BCUT2D eigenvalue weighted by molar-refractivity contribution is 9.11. The van der Waals surface area contributed by atoms with Gasteiger partial charge in [0.2, 0.25) is 0 Å². The summed E-state index contributed by atoms with van der Waals surface area (Å²) in [6, 6.07) is 4.63. The number of thiophene rings is 1. The molecular weight excluding hydrogens is 322 g/mol. The summed E-state index contributed by atoms with van der Waals surface area (Å²) in [6.45, 7) is 1.77. The third kappa shape index (κ3) is 3.22. The van der Waals surface area contributed by atoms with Gasteiger partial charge in [0.15, 0.2) is 0 Å². The van der Waals surface area contributed by atoms with E-state index in [0.717, 1.165) is 6.54 Å². The van der Waals surface area contributed by atoms with Crippen LogP contribution in [0, 0.1) is 0 Å². The molecule has 1 atom stereocenters. The highest BCUT2D eigenvalue weighted by atomic mass is 79.9. The standard InChI is InChI=1S/C14H24BrN3S/c1-17(2)14(7-4-8-14)10-18(3)11(9-16)12-5-6-13(15)19-12/h5-6,11H,4,7-10,16H2,1-3H3. The van der Waals surface area contributed by atoms with Gasteiger partial charge < -0.3 is 10.6 Å². The Hall–Kier alpha value is 0.0600. The average molecular weight is 346 g/mol. The normalized spacial score (nSPS) is 19.7. The molecule has 3 nitrogen and oxygen atoms in total. The van der Waals surface area contributed by atoms with Crippen LogP contribution in [0.4, 0.5) is 0 Å². The maximum Gasteiger partial charge on any atom is 0.0702 e. The summed E-state index contributed by atoms with van der Waals surface area (Å²) in [5.74, 6) is 0. The Kier molecular flexibility index (Phi) is 5.06. The zero-order valence-corrected chi connectivity index (χ0v) is 14.4. The minimum Gasteiger partial charge on any atom is -0.329 e. The van der Waals surface area contributed by atoms with Crippen LogP contribution in [0.25, 0.3) is 0 Å². The first-order valence-electron chi connectivity index (χ1n) is 6.81. The Bertz CT molecular complexity index is 415. The number of rotatable bonds is 6. The van der Waals surface area contributed by atoms with Crippen molar-refractivity contribution in [2.45, 2.75) is 30.8 Å². The maximum absolute atomic E-state index is 6.01. The van der Waals surface area contributed by atoms with Gasteiger partial charge in [-0.05, 0) is 68.5 Å². The van der Waals surface area contributed by atoms with Gasteiger partial charge in [-0.2, -0.15) is 0 Å². The van der Waals surface area contributed by atoms with E-state index in [-0.39, 0.29) is 0 Å². The third-order valence-corrected chi connectivity index (χ3v) is 6.18. The minimum atomic E-state index is 0.328. The predicted octanol–water partition coefficient (Wildman–Crippen LogP) is 2.93. The average Bonchev–Trinajstić information content (AvgIpc) is 2.70. The quantitative estimate of drug-likeness (QED) is 0.860. The molecule has 1 aliphatic carbocycles. The fourth-order valence-corrected chi connectivity index (χ4v) is 4.53. The molecular formula is C14H24BrN3S. The molecule has 1 saturated carbocycles. The fourth-order valence-electron chi connectivity index (χ4n) is 2.93. The second-order valence-electron chi connectivity index (χ2n) is 5.78. The molecule has 0 aliphatic heterocycles. The van der Waals surface area contributed by atoms with E-state index in [2.05, 4.69) is 59.0 Å². The van der Waals surface area contributed by atoms with Crippen molar-refractivity contribution in [3.05, 3.63) is 20.8 Å². The third-order valence-electron chi connectivity index (χ3n) is 4.45. The van der Waals surface area contributed by atoms with E-state index in [1.807, 2.05) is 0 Å². The molecule has 0 amide bonds. The van der Waals surface area contributed by atoms with Crippen molar-refractivity contribution in [1.29, 1.82) is 0 Å². The molecule has 5 heteroatoms. The smallest absolute Gasteiger partial charge is 0.0702 e. The number of nitrogens with two attached hydrogens (primary N) is 1. The van der Waals surface area contributed by atoms with Crippen LogP contribution >= 0.6 is 27.3 Å². The molecule has 0 bridgehead atoms. The lowest BCUT2D eigenvalue weighted by Crippen LogP contribution is -2.57. The highest BCUT2D eigenvalue weighted by Crippen LogP contribution is 2.38. The number of halogens is 1. The maximum atomic E-state index is 6.01. The SMILES string of the molecule is CN(CC1(N(C)C)CCC1)C(CN)c1ccc(Br)s1. The van der Waals surface area contributed by atoms with Crippen molar-refractivity contribution in [1.82, 2.24) is 9.80 Å². The van der Waals surface area contributed by atoms with E-state index >= 15 is 0 Å². The number of likely N-dealkylation sites (N-methyl/N-ethyl adjacent to an activating group) is 2. The van der Waals surface area contributed by atoms with Crippen LogP contribution in [-0.2, 0) is 0 Å². The lowest BCUT2D eigenvalue weighted by molar-refractivity contribution is 0.0172. The van der Waals surface area contributed by atoms with Crippen molar-refractivity contribution in [3.63, 3.8) is 0 Å². The van der Waals surface area contributed by atoms with Crippen molar-refractivity contribution in [2.24, 2.45) is 5.73 Å². The van der Waals surface area contributed by atoms with Gasteiger partial charge in [-0.15, -0.1) is 11.3 Å². The number of hydrogen-bond acceptors (Lipinski definition) is 4. The van der Waals surface area contributed by atoms with Crippen LogP contribution in [0.3, 0.4) is 0 Å². The molecule has 1 fully saturated rings. The molecule has 108 valence electrons. The summed E-state index contributed by atoms with van der Waals surface area (Å²) in [7, 11) is 6.60. The summed E-state index contributed by atoms with van der Waals surface area (Å²) in [6.07, 6.45) is 3.95. The van der Waals surface area contributed by atoms with E-state index in [0.29, 0.717) is 18.1 Å². The van der Waals surface area contributed by atoms with Gasteiger partial charge in [-0.3, -0.25) is 4.90 Å². The van der Waals surface area contributed by atoms with Gasteiger partial charge in [0, 0.05) is 23.5 Å². The number of hydrogen-bond donors (Lipinski definition) is 1. The molecule has 1 heterocycles. The summed E-state index contributed by atoms with van der Waals surface area (Å²) < 4.78 is 1.18. The topological polar surface area (TPSA) is 32.5 Å². The van der Waals surface area contributed by atoms with Gasteiger partial charge in [0.05, 0.1) is 9.83 Å². The molecule has 2 N–H and O–H groups in total. The van der Waals surface area contributed by atoms with E-state index in [4.69, 9.17) is 5.73 Å². The minimum absolute atomic E-state index is 0.328. The second kappa shape index (κ2) is 6.22. The van der Waals surface area contributed by atoms with Crippen molar-refractivity contribution < 1.29 is 0 Å². The predicted molar refractivity (Wildman–Crippen MR) is 86.7 cm³/mol. The lowest BCUT2D eigenvalue weighted by atomic mass is 9.75. The van der Waals surface area contributed by atoms with Crippen molar-refractivity contribution in [3.8, 4) is 0 Å².